The van der Waals surface area contributed by atoms with Gasteiger partial charge in [-0.2, -0.15) is 0 Å². The van der Waals surface area contributed by atoms with E-state index in [2.05, 4.69) is 16.9 Å². The van der Waals surface area contributed by atoms with Gasteiger partial charge in [-0.3, -0.25) is 23.9 Å². The minimum absolute atomic E-state index is 0.0109. The second-order valence-electron chi connectivity index (χ2n) is 11.8. The van der Waals surface area contributed by atoms with Crippen molar-refractivity contribution in [1.29, 1.82) is 0 Å². The molecule has 45 heavy (non-hydrogen) atoms. The van der Waals surface area contributed by atoms with Crippen molar-refractivity contribution in [2.45, 2.75) is 45.7 Å². The largest absolute Gasteiger partial charge is 0.399 e. The minimum atomic E-state index is -1.03. The molecule has 2 aliphatic heterocycles. The first kappa shape index (κ1) is 30.3. The Kier molecular flexibility index (Phi) is 7.39. The Balaban J connectivity index is 1.76. The second-order valence-corrected chi connectivity index (χ2v) is 12.2. The number of aromatic nitrogens is 2. The van der Waals surface area contributed by atoms with Crippen LogP contribution < -0.4 is 21.5 Å². The average molecular weight is 633 g/mol. The van der Waals surface area contributed by atoms with Crippen molar-refractivity contribution in [2.75, 3.05) is 29.0 Å². The number of carbonyl (C=O) groups is 2. The highest BCUT2D eigenvalue weighted by molar-refractivity contribution is 6.33. The van der Waals surface area contributed by atoms with Crippen LogP contribution in [0, 0.1) is 18.6 Å². The molecular formula is C33H31ClF2N6O3. The van der Waals surface area contributed by atoms with E-state index in [0.717, 1.165) is 6.07 Å². The summed E-state index contributed by atoms with van der Waals surface area (Å²) in [5, 5.41) is 2.84. The summed E-state index contributed by atoms with van der Waals surface area (Å²) in [6.45, 7) is 11.0. The summed E-state index contributed by atoms with van der Waals surface area (Å²) in [6, 6.07) is 5.87. The van der Waals surface area contributed by atoms with Crippen molar-refractivity contribution in [3.05, 3.63) is 87.5 Å². The molecule has 2 aromatic carbocycles. The zero-order chi connectivity index (χ0) is 32.5. The first-order valence-electron chi connectivity index (χ1n) is 14.5. The number of piperazine rings is 1. The second kappa shape index (κ2) is 11.0. The molecule has 4 aromatic rings. The molecule has 0 radical (unpaired) electrons. The van der Waals surface area contributed by atoms with Crippen LogP contribution in [-0.2, 0) is 9.59 Å². The third kappa shape index (κ3) is 4.64. The lowest BCUT2D eigenvalue weighted by Gasteiger charge is -2.48. The van der Waals surface area contributed by atoms with E-state index in [1.807, 2.05) is 13.8 Å². The molecule has 2 aromatic heterocycles. The number of benzene rings is 2. The number of pyridine rings is 2. The third-order valence-corrected chi connectivity index (χ3v) is 8.87. The molecule has 3 N–H and O–H groups in total. The summed E-state index contributed by atoms with van der Waals surface area (Å²) in [6.07, 6.45) is 2.77. The number of hydrogen-bond donors (Lipinski definition) is 2. The van der Waals surface area contributed by atoms with Crippen LogP contribution in [0.1, 0.15) is 37.9 Å². The van der Waals surface area contributed by atoms with E-state index in [0.29, 0.717) is 16.9 Å². The van der Waals surface area contributed by atoms with Crippen molar-refractivity contribution < 1.29 is 18.4 Å². The molecule has 2 aliphatic rings. The number of carbonyl (C=O) groups excluding carboxylic acids is 2. The summed E-state index contributed by atoms with van der Waals surface area (Å²) in [5.41, 5.74) is 6.38. The van der Waals surface area contributed by atoms with Crippen molar-refractivity contribution in [2.24, 2.45) is 0 Å². The molecule has 6 rings (SSSR count). The van der Waals surface area contributed by atoms with Gasteiger partial charge in [0.15, 0.2) is 5.82 Å². The lowest BCUT2D eigenvalue weighted by Crippen LogP contribution is -2.64. The fourth-order valence-electron chi connectivity index (χ4n) is 6.43. The third-order valence-electron chi connectivity index (χ3n) is 8.54. The lowest BCUT2D eigenvalue weighted by molar-refractivity contribution is -0.130. The number of nitrogens with zero attached hydrogens (tertiary/aromatic N) is 4. The highest BCUT2D eigenvalue weighted by Crippen LogP contribution is 2.44. The van der Waals surface area contributed by atoms with Gasteiger partial charge in [0.2, 0.25) is 11.8 Å². The smallest absolute Gasteiger partial charge is 0.281 e. The molecule has 1 fully saturated rings. The Hall–Kier alpha value is -4.77. The molecule has 232 valence electrons. The molecule has 2 unspecified atom stereocenters. The van der Waals surface area contributed by atoms with Crippen LogP contribution in [0.4, 0.5) is 25.8 Å². The van der Waals surface area contributed by atoms with Crippen LogP contribution >= 0.6 is 11.6 Å². The molecule has 2 amide bonds. The number of hydrogen-bond acceptors (Lipinski definition) is 6. The van der Waals surface area contributed by atoms with Gasteiger partial charge < -0.3 is 20.9 Å². The molecule has 0 spiro atoms. The molecule has 12 heteroatoms. The van der Waals surface area contributed by atoms with E-state index < -0.39 is 40.7 Å². The zero-order valence-electron chi connectivity index (χ0n) is 25.1. The predicted octanol–water partition coefficient (Wildman–Crippen LogP) is 5.54. The molecule has 1 saturated heterocycles. The Morgan fingerprint density at radius 1 is 1.18 bits per heavy atom. The van der Waals surface area contributed by atoms with Crippen molar-refractivity contribution in [1.82, 2.24) is 14.5 Å². The standard InChI is InChI=1S/C33H31ClF2N6O3/c1-6-24(43)40-14-23-32(44)39-28-31(41(23)13-17(40)5)20-12-22(35)25(19-11-18(37)7-8-21(19)34)26(36)30(20)42(33(28)45)29-16(4)9-10-38-27(29)15(2)3/h6-12,15,17,23H,1,13-14,37H2,2-5H3,(H,39,44). The van der Waals surface area contributed by atoms with Crippen LogP contribution in [0.3, 0.4) is 0 Å². The number of amides is 2. The molecule has 0 saturated carbocycles. The number of nitrogens with one attached hydrogen (secondary N) is 1. The first-order valence-corrected chi connectivity index (χ1v) is 14.9. The normalized spacial score (nSPS) is 17.7. The van der Waals surface area contributed by atoms with E-state index in [1.54, 1.807) is 31.0 Å². The summed E-state index contributed by atoms with van der Waals surface area (Å²) in [4.78, 5) is 48.4. The Labute approximate surface area is 262 Å². The number of fused-ring (bicyclic) bond motifs is 5. The van der Waals surface area contributed by atoms with E-state index in [9.17, 15) is 14.4 Å². The van der Waals surface area contributed by atoms with Gasteiger partial charge in [0.05, 0.1) is 34.7 Å². The monoisotopic (exact) mass is 632 g/mol. The number of rotatable bonds is 4. The van der Waals surface area contributed by atoms with Gasteiger partial charge in [-0.15, -0.1) is 0 Å². The maximum absolute atomic E-state index is 17.2. The quantitative estimate of drug-likeness (QED) is 0.226. The predicted molar refractivity (Wildman–Crippen MR) is 172 cm³/mol. The van der Waals surface area contributed by atoms with Crippen molar-refractivity contribution in [3.63, 3.8) is 0 Å². The number of nitrogens with two attached hydrogens (primary N) is 1. The zero-order valence-corrected chi connectivity index (χ0v) is 25.9. The van der Waals surface area contributed by atoms with Crippen molar-refractivity contribution >= 4 is 51.4 Å². The van der Waals surface area contributed by atoms with Gasteiger partial charge in [-0.25, -0.2) is 8.78 Å². The van der Waals surface area contributed by atoms with Crippen LogP contribution in [0.2, 0.25) is 5.02 Å². The minimum Gasteiger partial charge on any atom is -0.399 e. The van der Waals surface area contributed by atoms with Crippen molar-refractivity contribution in [3.8, 4) is 16.8 Å². The lowest BCUT2D eigenvalue weighted by atomic mass is 9.95. The number of nitrogen functional groups attached to an aromatic ring is 1. The maximum Gasteiger partial charge on any atom is 0.281 e. The van der Waals surface area contributed by atoms with Gasteiger partial charge in [0.25, 0.3) is 5.56 Å². The summed E-state index contributed by atoms with van der Waals surface area (Å²) < 4.78 is 34.6. The molecule has 0 aliphatic carbocycles. The van der Waals surface area contributed by atoms with Crippen LogP contribution in [0.5, 0.6) is 0 Å². The van der Waals surface area contributed by atoms with E-state index in [1.165, 1.54) is 33.7 Å². The van der Waals surface area contributed by atoms with Crippen LogP contribution in [0.25, 0.3) is 27.7 Å². The molecule has 4 heterocycles. The number of aryl methyl sites for hydroxylation is 1. The summed E-state index contributed by atoms with van der Waals surface area (Å²) in [7, 11) is 0. The Bertz CT molecular complexity index is 2010. The molecule has 2 atom stereocenters. The number of anilines is 3. The first-order chi connectivity index (χ1) is 21.3. The van der Waals surface area contributed by atoms with E-state index in [-0.39, 0.29) is 63.5 Å². The summed E-state index contributed by atoms with van der Waals surface area (Å²) in [5.74, 6) is -3.02. The van der Waals surface area contributed by atoms with Gasteiger partial charge in [0, 0.05) is 40.4 Å². The van der Waals surface area contributed by atoms with E-state index >= 15 is 8.78 Å². The topological polar surface area (TPSA) is 114 Å². The molecule has 0 bridgehead atoms. The fraction of sp³-hybridized carbons (Fsp3) is 0.273. The van der Waals surface area contributed by atoms with Gasteiger partial charge >= 0.3 is 0 Å². The SMILES string of the molecule is C=CC(=O)N1CC2C(=O)Nc3c(c4cc(F)c(-c5cc(N)ccc5Cl)c(F)c4n(-c4c(C)ccnc4C(C)C)c3=O)N2CC1C. The van der Waals surface area contributed by atoms with Crippen LogP contribution in [0.15, 0.2) is 54.0 Å². The van der Waals surface area contributed by atoms with Gasteiger partial charge in [-0.1, -0.05) is 32.0 Å². The summed E-state index contributed by atoms with van der Waals surface area (Å²) >= 11 is 6.43. The van der Waals surface area contributed by atoms with Crippen LogP contribution in [-0.4, -0.2) is 51.4 Å². The number of halogens is 3. The van der Waals surface area contributed by atoms with Gasteiger partial charge in [0.1, 0.15) is 17.5 Å². The average Bonchev–Trinajstić information content (AvgIpc) is 2.99. The van der Waals surface area contributed by atoms with Gasteiger partial charge in [-0.05, 0) is 61.7 Å². The molecular weight excluding hydrogens is 602 g/mol. The highest BCUT2D eigenvalue weighted by Gasteiger charge is 2.44. The fourth-order valence-corrected chi connectivity index (χ4v) is 6.64. The molecule has 9 nitrogen and oxygen atoms in total. The maximum atomic E-state index is 17.2. The van der Waals surface area contributed by atoms with E-state index in [4.69, 9.17) is 17.3 Å². The Morgan fingerprint density at radius 2 is 1.91 bits per heavy atom. The highest BCUT2D eigenvalue weighted by atomic mass is 35.5. The Morgan fingerprint density at radius 3 is 2.60 bits per heavy atom.